The third-order valence-electron chi connectivity index (χ3n) is 6.06. The molecule has 1 aromatic carbocycles. The number of rotatable bonds is 9. The molecular formula is C25H26Cl2N4O5. The maximum absolute atomic E-state index is 11.9. The summed E-state index contributed by atoms with van der Waals surface area (Å²) in [7, 11) is 4.51. The summed E-state index contributed by atoms with van der Waals surface area (Å²) in [5.41, 5.74) is 1.38. The van der Waals surface area contributed by atoms with Crippen molar-refractivity contribution in [2.75, 3.05) is 39.9 Å². The predicted molar refractivity (Wildman–Crippen MR) is 139 cm³/mol. The highest BCUT2D eigenvalue weighted by atomic mass is 35.5. The molecule has 1 saturated heterocycles. The lowest BCUT2D eigenvalue weighted by molar-refractivity contribution is -0.116. The molecule has 1 aliphatic heterocycles. The fourth-order valence-electron chi connectivity index (χ4n) is 4.15. The lowest BCUT2D eigenvalue weighted by Gasteiger charge is -2.31. The standard InChI is InChI=1S/C25H26Cl2N4O5/c1-5-15(32)8-13-6-7-36-12-17(13)30-25-28-11-14-9-16(29-24(35-4)23(14)31-25)20-21(26)18(33-2)10-19(34-3)22(20)27/h5,9-11,13,17H,1,6-8,12H2,2-4H3,(H,28,30,31)/t13-,17-/m1/s1. The van der Waals surface area contributed by atoms with Gasteiger partial charge in [-0.15, -0.1) is 0 Å². The van der Waals surface area contributed by atoms with Gasteiger partial charge in [0.1, 0.15) is 17.0 Å². The van der Waals surface area contributed by atoms with Gasteiger partial charge >= 0.3 is 0 Å². The topological polar surface area (TPSA) is 105 Å². The third-order valence-corrected chi connectivity index (χ3v) is 6.81. The van der Waals surface area contributed by atoms with Crippen LogP contribution in [-0.4, -0.2) is 61.3 Å². The van der Waals surface area contributed by atoms with Crippen LogP contribution in [0.3, 0.4) is 0 Å². The zero-order chi connectivity index (χ0) is 25.8. The number of allylic oxidation sites excluding steroid dienone is 1. The summed E-state index contributed by atoms with van der Waals surface area (Å²) in [5.74, 6) is 1.50. The zero-order valence-electron chi connectivity index (χ0n) is 20.1. The lowest BCUT2D eigenvalue weighted by Crippen LogP contribution is -2.40. The monoisotopic (exact) mass is 532 g/mol. The average molecular weight is 533 g/mol. The summed E-state index contributed by atoms with van der Waals surface area (Å²) in [6, 6.07) is 3.25. The molecule has 1 aliphatic rings. The van der Waals surface area contributed by atoms with Crippen LogP contribution in [0.25, 0.3) is 22.2 Å². The molecule has 0 amide bonds. The van der Waals surface area contributed by atoms with Crippen molar-refractivity contribution in [1.82, 2.24) is 15.0 Å². The van der Waals surface area contributed by atoms with Gasteiger partial charge in [-0.05, 0) is 24.5 Å². The molecule has 190 valence electrons. The van der Waals surface area contributed by atoms with Crippen LogP contribution in [0.1, 0.15) is 12.8 Å². The molecule has 2 aromatic heterocycles. The summed E-state index contributed by atoms with van der Waals surface area (Å²) in [6.07, 6.45) is 4.15. The van der Waals surface area contributed by atoms with Gasteiger partial charge in [-0.3, -0.25) is 4.79 Å². The SMILES string of the molecule is C=CC(=O)C[C@H]1CCOC[C@H]1Nc1ncc2cc(-c3c(Cl)c(OC)cc(OC)c3Cl)nc(OC)c2n1. The van der Waals surface area contributed by atoms with Crippen LogP contribution in [0.5, 0.6) is 17.4 Å². The lowest BCUT2D eigenvalue weighted by atomic mass is 9.90. The number of pyridine rings is 1. The van der Waals surface area contributed by atoms with Crippen LogP contribution in [0.2, 0.25) is 10.0 Å². The number of benzene rings is 1. The van der Waals surface area contributed by atoms with E-state index in [-0.39, 0.29) is 33.7 Å². The van der Waals surface area contributed by atoms with E-state index < -0.39 is 0 Å². The molecule has 0 radical (unpaired) electrons. The fraction of sp³-hybridized carbons (Fsp3) is 0.360. The quantitative estimate of drug-likeness (QED) is 0.381. The van der Waals surface area contributed by atoms with Gasteiger partial charge in [-0.2, -0.15) is 0 Å². The molecule has 0 aliphatic carbocycles. The summed E-state index contributed by atoms with van der Waals surface area (Å²) >= 11 is 13.2. The molecule has 2 atom stereocenters. The number of ether oxygens (including phenoxy) is 4. The molecule has 9 nitrogen and oxygen atoms in total. The van der Waals surface area contributed by atoms with E-state index in [1.165, 1.54) is 27.4 Å². The van der Waals surface area contributed by atoms with E-state index in [0.717, 1.165) is 6.42 Å². The van der Waals surface area contributed by atoms with Gasteiger partial charge in [-0.25, -0.2) is 15.0 Å². The molecule has 3 aromatic rings. The molecule has 1 fully saturated rings. The highest BCUT2D eigenvalue weighted by molar-refractivity contribution is 6.41. The Hall–Kier alpha value is -3.14. The van der Waals surface area contributed by atoms with Crippen molar-refractivity contribution in [2.24, 2.45) is 5.92 Å². The number of methoxy groups -OCH3 is 3. The highest BCUT2D eigenvalue weighted by Gasteiger charge is 2.28. The normalized spacial score (nSPS) is 17.5. The van der Waals surface area contributed by atoms with Crippen LogP contribution in [-0.2, 0) is 9.53 Å². The maximum Gasteiger partial charge on any atom is 0.241 e. The Morgan fingerprint density at radius 3 is 2.53 bits per heavy atom. The minimum absolute atomic E-state index is 0.00183. The van der Waals surface area contributed by atoms with E-state index in [1.807, 2.05) is 0 Å². The molecule has 3 heterocycles. The van der Waals surface area contributed by atoms with Crippen LogP contribution in [0, 0.1) is 5.92 Å². The summed E-state index contributed by atoms with van der Waals surface area (Å²) < 4.78 is 21.9. The van der Waals surface area contributed by atoms with Gasteiger partial charge in [0.25, 0.3) is 0 Å². The van der Waals surface area contributed by atoms with Crippen LogP contribution >= 0.6 is 23.2 Å². The summed E-state index contributed by atoms with van der Waals surface area (Å²) in [4.78, 5) is 25.7. The van der Waals surface area contributed by atoms with E-state index in [1.54, 1.807) is 18.3 Å². The molecule has 0 saturated carbocycles. The third kappa shape index (κ3) is 5.18. The number of carbonyl (C=O) groups is 1. The first kappa shape index (κ1) is 25.9. The average Bonchev–Trinajstić information content (AvgIpc) is 2.89. The minimum Gasteiger partial charge on any atom is -0.495 e. The number of hydrogen-bond donors (Lipinski definition) is 1. The molecule has 36 heavy (non-hydrogen) atoms. The van der Waals surface area contributed by atoms with Gasteiger partial charge in [0.15, 0.2) is 5.78 Å². The maximum atomic E-state index is 11.9. The molecule has 4 rings (SSSR count). The van der Waals surface area contributed by atoms with Crippen molar-refractivity contribution in [1.29, 1.82) is 0 Å². The summed E-state index contributed by atoms with van der Waals surface area (Å²) in [5, 5.41) is 4.54. The van der Waals surface area contributed by atoms with Crippen LogP contribution < -0.4 is 19.5 Å². The number of fused-ring (bicyclic) bond motifs is 1. The Balaban J connectivity index is 1.72. The zero-order valence-corrected chi connectivity index (χ0v) is 21.7. The Labute approximate surface area is 218 Å². The van der Waals surface area contributed by atoms with Crippen molar-refractivity contribution in [2.45, 2.75) is 18.9 Å². The van der Waals surface area contributed by atoms with Crippen molar-refractivity contribution in [3.8, 4) is 28.6 Å². The fourth-order valence-corrected chi connectivity index (χ4v) is 4.85. The van der Waals surface area contributed by atoms with Gasteiger partial charge < -0.3 is 24.3 Å². The van der Waals surface area contributed by atoms with E-state index in [2.05, 4.69) is 26.8 Å². The second kappa shape index (κ2) is 11.3. The highest BCUT2D eigenvalue weighted by Crippen LogP contribution is 2.46. The second-order valence-electron chi connectivity index (χ2n) is 8.18. The first-order valence-corrected chi connectivity index (χ1v) is 12.0. The Morgan fingerprint density at radius 1 is 1.17 bits per heavy atom. The predicted octanol–water partition coefficient (Wildman–Crippen LogP) is 4.99. The number of halogens is 2. The number of hydrogen-bond acceptors (Lipinski definition) is 9. The van der Waals surface area contributed by atoms with E-state index in [4.69, 9.17) is 42.1 Å². The van der Waals surface area contributed by atoms with Crippen molar-refractivity contribution in [3.63, 3.8) is 0 Å². The van der Waals surface area contributed by atoms with Gasteiger partial charge in [0.05, 0.1) is 49.7 Å². The largest absolute Gasteiger partial charge is 0.495 e. The number of nitrogens with one attached hydrogen (secondary N) is 1. The van der Waals surface area contributed by atoms with Crippen molar-refractivity contribution < 1.29 is 23.7 Å². The van der Waals surface area contributed by atoms with E-state index in [9.17, 15) is 4.79 Å². The van der Waals surface area contributed by atoms with Crippen molar-refractivity contribution >= 4 is 45.8 Å². The number of aromatic nitrogens is 3. The second-order valence-corrected chi connectivity index (χ2v) is 8.94. The first-order chi connectivity index (χ1) is 17.4. The molecule has 0 bridgehead atoms. The molecule has 1 N–H and O–H groups in total. The first-order valence-electron chi connectivity index (χ1n) is 11.2. The summed E-state index contributed by atoms with van der Waals surface area (Å²) in [6.45, 7) is 4.62. The van der Waals surface area contributed by atoms with E-state index >= 15 is 0 Å². The molecular weight excluding hydrogens is 507 g/mol. The smallest absolute Gasteiger partial charge is 0.241 e. The molecule has 11 heteroatoms. The van der Waals surface area contributed by atoms with Gasteiger partial charge in [0, 0.05) is 36.2 Å². The molecule has 0 spiro atoms. The van der Waals surface area contributed by atoms with Gasteiger partial charge in [0.2, 0.25) is 11.8 Å². The molecule has 0 unspecified atom stereocenters. The van der Waals surface area contributed by atoms with Crippen LogP contribution in [0.15, 0.2) is 31.0 Å². The van der Waals surface area contributed by atoms with Gasteiger partial charge in [-0.1, -0.05) is 29.8 Å². The van der Waals surface area contributed by atoms with Crippen molar-refractivity contribution in [3.05, 3.63) is 41.0 Å². The Bertz CT molecular complexity index is 1280. The Morgan fingerprint density at radius 2 is 1.89 bits per heavy atom. The number of ketones is 1. The number of anilines is 1. The minimum atomic E-state index is -0.125. The number of nitrogens with zero attached hydrogens (tertiary/aromatic N) is 3. The Kier molecular flexibility index (Phi) is 8.13. The van der Waals surface area contributed by atoms with Crippen LogP contribution in [0.4, 0.5) is 5.95 Å². The number of carbonyl (C=O) groups excluding carboxylic acids is 1. The van der Waals surface area contributed by atoms with E-state index in [0.29, 0.717) is 59.2 Å².